The largest absolute Gasteiger partial charge is 0.481 e. The second kappa shape index (κ2) is 32.6. The summed E-state index contributed by atoms with van der Waals surface area (Å²) in [5.41, 5.74) is 15.4. The van der Waals surface area contributed by atoms with E-state index in [0.29, 0.717) is 19.6 Å². The molecule has 2 atom stereocenters. The van der Waals surface area contributed by atoms with Gasteiger partial charge in [-0.05, 0) is 32.2 Å². The standard InChI is InChI=1S/C14H30O.C6H14N2O2.C5H9NO4.C4H3NO2/c1-2-3-4-5-6-7-8-9-10-11-12-13-14-15;7-4-2-1-3-5(8)6(9)10;6-3(5(9)10)1-2-4(7)8;6-3-1-2-4(7)5-3/h15H,2-14H2,1H3;5H,1-4,7-8H2,(H,9,10);3H,1-2,6H2,(H,7,8)(H,9,10);1-2H,(H,5,6,7). The maximum absolute atomic E-state index is 10.1. The number of nitrogens with one attached hydrogen (secondary N) is 1. The van der Waals surface area contributed by atoms with Gasteiger partial charge in [-0.2, -0.15) is 0 Å². The van der Waals surface area contributed by atoms with Crippen LogP contribution in [0.2, 0.25) is 0 Å². The summed E-state index contributed by atoms with van der Waals surface area (Å²) in [6.45, 7) is 3.25. The van der Waals surface area contributed by atoms with Crippen LogP contribution < -0.4 is 22.5 Å². The highest BCUT2D eigenvalue weighted by molar-refractivity contribution is 6.12. The Morgan fingerprint density at radius 3 is 1.40 bits per heavy atom. The minimum absolute atomic E-state index is 0.0231. The number of carbonyl (C=O) groups is 5. The van der Waals surface area contributed by atoms with Crippen molar-refractivity contribution in [2.75, 3.05) is 13.2 Å². The van der Waals surface area contributed by atoms with Crippen LogP contribution in [0.3, 0.4) is 0 Å². The van der Waals surface area contributed by atoms with Gasteiger partial charge in [-0.15, -0.1) is 0 Å². The second-order valence-electron chi connectivity index (χ2n) is 9.91. The molecule has 11 N–H and O–H groups in total. The minimum atomic E-state index is -1.17. The Bertz CT molecular complexity index is 721. The van der Waals surface area contributed by atoms with E-state index in [0.717, 1.165) is 19.3 Å². The van der Waals surface area contributed by atoms with Gasteiger partial charge in [0.05, 0.1) is 0 Å². The molecule has 0 aromatic heterocycles. The Kier molecular flexibility index (Phi) is 33.9. The van der Waals surface area contributed by atoms with Gasteiger partial charge in [0.2, 0.25) is 0 Å². The molecule has 0 fully saturated rings. The summed E-state index contributed by atoms with van der Waals surface area (Å²) < 4.78 is 0. The minimum Gasteiger partial charge on any atom is -0.481 e. The van der Waals surface area contributed by atoms with E-state index in [1.165, 1.54) is 82.8 Å². The van der Waals surface area contributed by atoms with Crippen LogP contribution in [0, 0.1) is 0 Å². The van der Waals surface area contributed by atoms with Gasteiger partial charge < -0.3 is 37.6 Å². The number of rotatable bonds is 21. The maximum Gasteiger partial charge on any atom is 0.320 e. The Morgan fingerprint density at radius 2 is 1.10 bits per heavy atom. The van der Waals surface area contributed by atoms with Gasteiger partial charge in [-0.25, -0.2) is 0 Å². The third-order valence-electron chi connectivity index (χ3n) is 5.92. The van der Waals surface area contributed by atoms with Crippen molar-refractivity contribution >= 4 is 29.7 Å². The summed E-state index contributed by atoms with van der Waals surface area (Å²) in [5.74, 6) is -3.79. The molecule has 0 spiro atoms. The molecule has 13 nitrogen and oxygen atoms in total. The number of imide groups is 1. The summed E-state index contributed by atoms with van der Waals surface area (Å²) in [5, 5.41) is 35.2. The monoisotopic (exact) mass is 604 g/mol. The predicted molar refractivity (Wildman–Crippen MR) is 161 cm³/mol. The summed E-state index contributed by atoms with van der Waals surface area (Å²) in [7, 11) is 0. The average Bonchev–Trinajstić information content (AvgIpc) is 3.33. The molecule has 1 aliphatic heterocycles. The van der Waals surface area contributed by atoms with Crippen LogP contribution in [-0.2, 0) is 24.0 Å². The third-order valence-corrected chi connectivity index (χ3v) is 5.92. The fourth-order valence-electron chi connectivity index (χ4n) is 3.34. The molecular formula is C29H56N4O9. The van der Waals surface area contributed by atoms with Gasteiger partial charge in [-0.1, -0.05) is 84.0 Å². The van der Waals surface area contributed by atoms with Crippen LogP contribution in [0.4, 0.5) is 0 Å². The van der Waals surface area contributed by atoms with E-state index in [4.69, 9.17) is 37.6 Å². The Labute approximate surface area is 250 Å². The first-order chi connectivity index (χ1) is 19.9. The van der Waals surface area contributed by atoms with Crippen molar-refractivity contribution in [3.63, 3.8) is 0 Å². The molecule has 2 amide bonds. The molecule has 246 valence electrons. The third kappa shape index (κ3) is 37.1. The highest BCUT2D eigenvalue weighted by Gasteiger charge is 2.12. The Balaban J connectivity index is -0.000000500. The molecule has 1 rings (SSSR count). The highest BCUT2D eigenvalue weighted by Crippen LogP contribution is 2.11. The quantitative estimate of drug-likeness (QED) is 0.0695. The van der Waals surface area contributed by atoms with Gasteiger partial charge in [0.25, 0.3) is 11.8 Å². The van der Waals surface area contributed by atoms with Crippen molar-refractivity contribution in [3.05, 3.63) is 12.2 Å². The molecule has 1 heterocycles. The number of aliphatic carboxylic acids is 3. The SMILES string of the molecule is CCCCCCCCCCCCCCO.NC(CCC(=O)O)C(=O)O.NCCCCC(N)C(=O)O.O=C1C=CC(=O)N1. The first-order valence-electron chi connectivity index (χ1n) is 14.9. The van der Waals surface area contributed by atoms with Crippen molar-refractivity contribution < 1.29 is 44.4 Å². The lowest BCUT2D eigenvalue weighted by Crippen LogP contribution is -2.30. The number of hydrogen-bond acceptors (Lipinski definition) is 9. The molecule has 0 saturated heterocycles. The van der Waals surface area contributed by atoms with E-state index in [1.807, 2.05) is 5.32 Å². The fraction of sp³-hybridized carbons (Fsp3) is 0.759. The van der Waals surface area contributed by atoms with Crippen LogP contribution in [-0.4, -0.2) is 75.4 Å². The molecule has 0 bridgehead atoms. The van der Waals surface area contributed by atoms with Crippen LogP contribution in [0.1, 0.15) is 116 Å². The smallest absolute Gasteiger partial charge is 0.320 e. The van der Waals surface area contributed by atoms with Gasteiger partial charge in [0, 0.05) is 25.2 Å². The topological polar surface area (TPSA) is 256 Å². The maximum atomic E-state index is 10.1. The molecule has 0 aliphatic carbocycles. The first-order valence-corrected chi connectivity index (χ1v) is 14.9. The number of aliphatic hydroxyl groups excluding tert-OH is 1. The van der Waals surface area contributed by atoms with E-state index in [-0.39, 0.29) is 24.7 Å². The van der Waals surface area contributed by atoms with Crippen molar-refractivity contribution in [1.82, 2.24) is 5.32 Å². The average molecular weight is 605 g/mol. The second-order valence-corrected chi connectivity index (χ2v) is 9.91. The molecule has 42 heavy (non-hydrogen) atoms. The number of aliphatic hydroxyl groups is 1. The van der Waals surface area contributed by atoms with Crippen LogP contribution in [0.5, 0.6) is 0 Å². The molecule has 0 aromatic carbocycles. The van der Waals surface area contributed by atoms with Crippen LogP contribution >= 0.6 is 0 Å². The zero-order valence-electron chi connectivity index (χ0n) is 25.3. The van der Waals surface area contributed by atoms with Gasteiger partial charge >= 0.3 is 17.9 Å². The predicted octanol–water partition coefficient (Wildman–Crippen LogP) is 2.67. The molecule has 0 aromatic rings. The number of carboxylic acid groups (broad SMARTS) is 3. The van der Waals surface area contributed by atoms with Crippen molar-refractivity contribution in [3.8, 4) is 0 Å². The van der Waals surface area contributed by atoms with E-state index >= 15 is 0 Å². The van der Waals surface area contributed by atoms with Gasteiger partial charge in [0.15, 0.2) is 0 Å². The van der Waals surface area contributed by atoms with Crippen LogP contribution in [0.25, 0.3) is 0 Å². The van der Waals surface area contributed by atoms with Crippen molar-refractivity contribution in [1.29, 1.82) is 0 Å². The van der Waals surface area contributed by atoms with Gasteiger partial charge in [0.1, 0.15) is 12.1 Å². The lowest BCUT2D eigenvalue weighted by Gasteiger charge is -2.03. The molecule has 2 unspecified atom stereocenters. The van der Waals surface area contributed by atoms with Crippen molar-refractivity contribution in [2.24, 2.45) is 17.2 Å². The van der Waals surface area contributed by atoms with E-state index in [9.17, 15) is 24.0 Å². The molecule has 0 radical (unpaired) electrons. The first kappa shape index (κ1) is 43.6. The molecule has 0 saturated carbocycles. The summed E-state index contributed by atoms with van der Waals surface area (Å²) in [6.07, 6.45) is 20.6. The zero-order chi connectivity index (χ0) is 32.6. The normalized spacial score (nSPS) is 12.9. The summed E-state index contributed by atoms with van der Waals surface area (Å²) in [4.78, 5) is 50.1. The molecule has 1 aliphatic rings. The van der Waals surface area contributed by atoms with E-state index in [1.54, 1.807) is 0 Å². The zero-order valence-corrected chi connectivity index (χ0v) is 25.3. The molecular weight excluding hydrogens is 548 g/mol. The van der Waals surface area contributed by atoms with Crippen LogP contribution in [0.15, 0.2) is 12.2 Å². The lowest BCUT2D eigenvalue weighted by molar-refractivity contribution is -0.140. The lowest BCUT2D eigenvalue weighted by atomic mass is 10.1. The van der Waals surface area contributed by atoms with Crippen molar-refractivity contribution in [2.45, 2.75) is 128 Å². The van der Waals surface area contributed by atoms with Gasteiger partial charge in [-0.3, -0.25) is 29.3 Å². The highest BCUT2D eigenvalue weighted by atomic mass is 16.4. The van der Waals surface area contributed by atoms with E-state index < -0.39 is 30.0 Å². The number of carboxylic acids is 3. The summed E-state index contributed by atoms with van der Waals surface area (Å²) in [6, 6.07) is -1.78. The fourth-order valence-corrected chi connectivity index (χ4v) is 3.34. The number of carbonyl (C=O) groups excluding carboxylic acids is 2. The number of unbranched alkanes of at least 4 members (excludes halogenated alkanes) is 12. The van der Waals surface area contributed by atoms with E-state index in [2.05, 4.69) is 6.92 Å². The Morgan fingerprint density at radius 1 is 0.690 bits per heavy atom. The number of amides is 2. The summed E-state index contributed by atoms with van der Waals surface area (Å²) >= 11 is 0. The number of nitrogens with two attached hydrogens (primary N) is 3. The number of hydrogen-bond donors (Lipinski definition) is 8. The molecule has 13 heteroatoms. The Hall–Kier alpha value is -2.87.